The normalized spacial score (nSPS) is 10.2. The van der Waals surface area contributed by atoms with Gasteiger partial charge < -0.3 is 11.1 Å². The number of nitrogens with two attached hydrogens (primary N) is 1. The number of amides is 1. The Bertz CT molecular complexity index is 561. The van der Waals surface area contributed by atoms with Crippen molar-refractivity contribution >= 4 is 11.6 Å². The molecule has 0 saturated heterocycles. The second kappa shape index (κ2) is 6.05. The molecular weight excluding hydrogens is 236 g/mol. The lowest BCUT2D eigenvalue weighted by molar-refractivity contribution is -0.120. The second-order valence-electron chi connectivity index (χ2n) is 4.64. The minimum atomic E-state index is -0.0153. The first-order valence-corrected chi connectivity index (χ1v) is 6.31. The zero-order chi connectivity index (χ0) is 13.7. The summed E-state index contributed by atoms with van der Waals surface area (Å²) in [5, 5.41) is 2.90. The van der Waals surface area contributed by atoms with Crippen LogP contribution in [0.1, 0.15) is 16.7 Å². The third-order valence-electron chi connectivity index (χ3n) is 3.02. The highest BCUT2D eigenvalue weighted by atomic mass is 16.1. The monoisotopic (exact) mass is 254 g/mol. The van der Waals surface area contributed by atoms with Gasteiger partial charge in [0.1, 0.15) is 0 Å². The molecule has 3 nitrogen and oxygen atoms in total. The van der Waals surface area contributed by atoms with Crippen LogP contribution >= 0.6 is 0 Å². The van der Waals surface area contributed by atoms with E-state index in [0.717, 1.165) is 11.1 Å². The van der Waals surface area contributed by atoms with Crippen LogP contribution in [-0.2, 0) is 17.8 Å². The van der Waals surface area contributed by atoms with Crippen molar-refractivity contribution in [3.8, 4) is 0 Å². The Kier molecular flexibility index (Phi) is 4.18. The van der Waals surface area contributed by atoms with E-state index in [-0.39, 0.29) is 5.91 Å². The molecule has 2 aromatic carbocycles. The summed E-state index contributed by atoms with van der Waals surface area (Å²) in [7, 11) is 0. The summed E-state index contributed by atoms with van der Waals surface area (Å²) in [6.07, 6.45) is 0.318. The Morgan fingerprint density at radius 2 is 1.79 bits per heavy atom. The average molecular weight is 254 g/mol. The van der Waals surface area contributed by atoms with Gasteiger partial charge in [-0.1, -0.05) is 48.0 Å². The number of benzene rings is 2. The molecule has 0 atom stereocenters. The Morgan fingerprint density at radius 1 is 1.11 bits per heavy atom. The molecule has 2 aromatic rings. The predicted octanol–water partition coefficient (Wildman–Crippen LogP) is 2.44. The van der Waals surface area contributed by atoms with Crippen LogP contribution in [0.15, 0.2) is 48.5 Å². The van der Waals surface area contributed by atoms with Crippen molar-refractivity contribution in [1.29, 1.82) is 0 Å². The molecule has 98 valence electrons. The number of nitrogen functional groups attached to an aromatic ring is 1. The SMILES string of the molecule is Cc1ccc(CNC(=O)Cc2ccccc2N)cc1. The lowest BCUT2D eigenvalue weighted by Gasteiger charge is -2.07. The number of carbonyl (C=O) groups is 1. The number of anilines is 1. The Balaban J connectivity index is 1.88. The van der Waals surface area contributed by atoms with Crippen LogP contribution in [0.25, 0.3) is 0 Å². The van der Waals surface area contributed by atoms with Crippen molar-refractivity contribution in [3.63, 3.8) is 0 Å². The molecule has 0 fully saturated rings. The average Bonchev–Trinajstić information content (AvgIpc) is 2.41. The molecule has 19 heavy (non-hydrogen) atoms. The summed E-state index contributed by atoms with van der Waals surface area (Å²) in [4.78, 5) is 11.8. The molecule has 0 unspecified atom stereocenters. The molecular formula is C16H18N2O. The molecule has 2 rings (SSSR count). The van der Waals surface area contributed by atoms with Gasteiger partial charge in [0.2, 0.25) is 5.91 Å². The van der Waals surface area contributed by atoms with Gasteiger partial charge in [0, 0.05) is 12.2 Å². The van der Waals surface area contributed by atoms with E-state index in [1.165, 1.54) is 5.56 Å². The molecule has 0 aliphatic heterocycles. The van der Waals surface area contributed by atoms with E-state index in [1.807, 2.05) is 55.5 Å². The van der Waals surface area contributed by atoms with Crippen LogP contribution < -0.4 is 11.1 Å². The first kappa shape index (κ1) is 13.1. The Labute approximate surface area is 113 Å². The van der Waals surface area contributed by atoms with Crippen molar-refractivity contribution in [3.05, 3.63) is 65.2 Å². The zero-order valence-corrected chi connectivity index (χ0v) is 11.0. The molecule has 0 aromatic heterocycles. The number of aryl methyl sites for hydroxylation is 1. The van der Waals surface area contributed by atoms with E-state index in [4.69, 9.17) is 5.73 Å². The fourth-order valence-corrected chi connectivity index (χ4v) is 1.84. The van der Waals surface area contributed by atoms with Crippen LogP contribution in [0, 0.1) is 6.92 Å². The highest BCUT2D eigenvalue weighted by molar-refractivity contribution is 5.80. The number of nitrogens with one attached hydrogen (secondary N) is 1. The van der Waals surface area contributed by atoms with E-state index < -0.39 is 0 Å². The van der Waals surface area contributed by atoms with Crippen LogP contribution in [0.4, 0.5) is 5.69 Å². The Morgan fingerprint density at radius 3 is 2.47 bits per heavy atom. The minimum absolute atomic E-state index is 0.0153. The first-order chi connectivity index (χ1) is 9.15. The summed E-state index contributed by atoms with van der Waals surface area (Å²) >= 11 is 0. The highest BCUT2D eigenvalue weighted by Gasteiger charge is 2.05. The fourth-order valence-electron chi connectivity index (χ4n) is 1.84. The number of carbonyl (C=O) groups excluding carboxylic acids is 1. The summed E-state index contributed by atoms with van der Waals surface area (Å²) in [5.74, 6) is -0.0153. The van der Waals surface area contributed by atoms with Gasteiger partial charge in [-0.2, -0.15) is 0 Å². The summed E-state index contributed by atoms with van der Waals surface area (Å²) in [6.45, 7) is 2.59. The number of hydrogen-bond acceptors (Lipinski definition) is 2. The molecule has 1 amide bonds. The largest absolute Gasteiger partial charge is 0.398 e. The van der Waals surface area contributed by atoms with Gasteiger partial charge in [-0.15, -0.1) is 0 Å². The smallest absolute Gasteiger partial charge is 0.224 e. The topological polar surface area (TPSA) is 55.1 Å². The predicted molar refractivity (Wildman–Crippen MR) is 77.6 cm³/mol. The lowest BCUT2D eigenvalue weighted by Crippen LogP contribution is -2.24. The summed E-state index contributed by atoms with van der Waals surface area (Å²) < 4.78 is 0. The van der Waals surface area contributed by atoms with Crippen molar-refractivity contribution in [2.75, 3.05) is 5.73 Å². The van der Waals surface area contributed by atoms with Crippen LogP contribution in [0.2, 0.25) is 0 Å². The van der Waals surface area contributed by atoms with Crippen molar-refractivity contribution < 1.29 is 4.79 Å². The molecule has 0 spiro atoms. The van der Waals surface area contributed by atoms with Crippen LogP contribution in [-0.4, -0.2) is 5.91 Å². The first-order valence-electron chi connectivity index (χ1n) is 6.31. The van der Waals surface area contributed by atoms with Gasteiger partial charge in [0.05, 0.1) is 6.42 Å². The van der Waals surface area contributed by atoms with Crippen LogP contribution in [0.5, 0.6) is 0 Å². The van der Waals surface area contributed by atoms with Gasteiger partial charge in [0.15, 0.2) is 0 Å². The molecule has 0 saturated carbocycles. The van der Waals surface area contributed by atoms with Gasteiger partial charge in [0.25, 0.3) is 0 Å². The number of rotatable bonds is 4. The fraction of sp³-hybridized carbons (Fsp3) is 0.188. The maximum Gasteiger partial charge on any atom is 0.224 e. The molecule has 0 radical (unpaired) electrons. The number of hydrogen-bond donors (Lipinski definition) is 2. The maximum absolute atomic E-state index is 11.8. The van der Waals surface area contributed by atoms with Crippen LogP contribution in [0.3, 0.4) is 0 Å². The maximum atomic E-state index is 11.8. The third-order valence-corrected chi connectivity index (χ3v) is 3.02. The standard InChI is InChI=1S/C16H18N2O/c1-12-6-8-13(9-7-12)11-18-16(19)10-14-4-2-3-5-15(14)17/h2-9H,10-11,17H2,1H3,(H,18,19). The zero-order valence-electron chi connectivity index (χ0n) is 11.0. The quantitative estimate of drug-likeness (QED) is 0.823. The molecule has 3 heteroatoms. The van der Waals surface area contributed by atoms with Crippen molar-refractivity contribution in [2.24, 2.45) is 0 Å². The van der Waals surface area contributed by atoms with E-state index in [2.05, 4.69) is 5.32 Å². The second-order valence-corrected chi connectivity index (χ2v) is 4.64. The Hall–Kier alpha value is -2.29. The third kappa shape index (κ3) is 3.85. The molecule has 0 aliphatic rings. The molecule has 0 bridgehead atoms. The van der Waals surface area contributed by atoms with E-state index >= 15 is 0 Å². The minimum Gasteiger partial charge on any atom is -0.398 e. The van der Waals surface area contributed by atoms with E-state index in [9.17, 15) is 4.79 Å². The van der Waals surface area contributed by atoms with Gasteiger partial charge in [-0.05, 0) is 24.1 Å². The van der Waals surface area contributed by atoms with E-state index in [0.29, 0.717) is 18.7 Å². The van der Waals surface area contributed by atoms with Crippen molar-refractivity contribution in [2.45, 2.75) is 19.9 Å². The highest BCUT2D eigenvalue weighted by Crippen LogP contribution is 2.11. The lowest BCUT2D eigenvalue weighted by atomic mass is 10.1. The van der Waals surface area contributed by atoms with Crippen molar-refractivity contribution in [1.82, 2.24) is 5.32 Å². The molecule has 0 heterocycles. The summed E-state index contributed by atoms with van der Waals surface area (Å²) in [6, 6.07) is 15.6. The van der Waals surface area contributed by atoms with E-state index in [1.54, 1.807) is 0 Å². The van der Waals surface area contributed by atoms with Gasteiger partial charge >= 0.3 is 0 Å². The van der Waals surface area contributed by atoms with Gasteiger partial charge in [-0.3, -0.25) is 4.79 Å². The molecule has 0 aliphatic carbocycles. The number of para-hydroxylation sites is 1. The summed E-state index contributed by atoms with van der Waals surface area (Å²) in [5.41, 5.74) is 9.65. The molecule has 3 N–H and O–H groups in total. The van der Waals surface area contributed by atoms with Gasteiger partial charge in [-0.25, -0.2) is 0 Å².